The van der Waals surface area contributed by atoms with Crippen LogP contribution in [0.4, 0.5) is 10.6 Å². The van der Waals surface area contributed by atoms with E-state index in [1.54, 1.807) is 0 Å². The average molecular weight is 469 g/mol. The summed E-state index contributed by atoms with van der Waals surface area (Å²) in [6, 6.07) is 9.51. The number of pyridine rings is 1. The van der Waals surface area contributed by atoms with E-state index in [0.29, 0.717) is 43.6 Å². The molecule has 1 aromatic carbocycles. The van der Waals surface area contributed by atoms with Crippen LogP contribution in [0.25, 0.3) is 10.9 Å². The molecule has 4 rings (SSSR count). The van der Waals surface area contributed by atoms with Crippen molar-refractivity contribution in [3.8, 4) is 0 Å². The van der Waals surface area contributed by atoms with E-state index in [2.05, 4.69) is 15.6 Å². The van der Waals surface area contributed by atoms with E-state index < -0.39 is 5.60 Å². The molecule has 1 saturated carbocycles. The van der Waals surface area contributed by atoms with E-state index >= 15 is 0 Å². The highest BCUT2D eigenvalue weighted by atomic mass is 16.6. The number of fused-ring (bicyclic) bond motifs is 1. The van der Waals surface area contributed by atoms with Crippen molar-refractivity contribution in [2.24, 2.45) is 11.8 Å². The van der Waals surface area contributed by atoms with Gasteiger partial charge in [0.15, 0.2) is 0 Å². The third-order valence-electron chi connectivity index (χ3n) is 6.59. The maximum Gasteiger partial charge on any atom is 0.407 e. The number of aliphatic hydroxyl groups is 1. The quantitative estimate of drug-likeness (QED) is 0.600. The van der Waals surface area contributed by atoms with E-state index in [1.165, 1.54) is 0 Å². The number of hydrogen-bond donors (Lipinski definition) is 3. The van der Waals surface area contributed by atoms with Crippen LogP contribution in [-0.2, 0) is 4.74 Å². The lowest BCUT2D eigenvalue weighted by Crippen LogP contribution is -2.51. The van der Waals surface area contributed by atoms with E-state index in [-0.39, 0.29) is 18.1 Å². The van der Waals surface area contributed by atoms with E-state index in [4.69, 9.17) is 4.74 Å². The number of ether oxygens (including phenoxy) is 1. The summed E-state index contributed by atoms with van der Waals surface area (Å²) in [4.78, 5) is 31.7. The van der Waals surface area contributed by atoms with E-state index in [9.17, 15) is 14.7 Å². The minimum atomic E-state index is -0.489. The van der Waals surface area contributed by atoms with Gasteiger partial charge in [-0.25, -0.2) is 9.78 Å². The van der Waals surface area contributed by atoms with Crippen LogP contribution in [0.1, 0.15) is 56.8 Å². The average Bonchev–Trinajstić information content (AvgIpc) is 2.78. The fourth-order valence-electron chi connectivity index (χ4n) is 4.67. The summed E-state index contributed by atoms with van der Waals surface area (Å²) in [7, 11) is 0. The Bertz CT molecular complexity index is 1020. The Morgan fingerprint density at radius 1 is 1.06 bits per heavy atom. The van der Waals surface area contributed by atoms with Crippen LogP contribution in [0.5, 0.6) is 0 Å². The van der Waals surface area contributed by atoms with Crippen LogP contribution >= 0.6 is 0 Å². The number of hydrogen-bond acceptors (Lipinski definition) is 6. The van der Waals surface area contributed by atoms with Gasteiger partial charge in [0.05, 0.1) is 17.2 Å². The highest BCUT2D eigenvalue weighted by Crippen LogP contribution is 2.29. The monoisotopic (exact) mass is 468 g/mol. The molecule has 2 heterocycles. The second-order valence-corrected chi connectivity index (χ2v) is 10.6. The molecule has 184 valence electrons. The molecule has 2 aromatic rings. The molecule has 8 nitrogen and oxygen atoms in total. The predicted octanol–water partition coefficient (Wildman–Crippen LogP) is 3.48. The van der Waals surface area contributed by atoms with Crippen molar-refractivity contribution in [1.29, 1.82) is 0 Å². The maximum atomic E-state index is 13.1. The van der Waals surface area contributed by atoms with Crippen molar-refractivity contribution in [1.82, 2.24) is 15.6 Å². The predicted molar refractivity (Wildman–Crippen MR) is 132 cm³/mol. The second kappa shape index (κ2) is 10.2. The molecular weight excluding hydrogens is 432 g/mol. The number of nitrogens with one attached hydrogen (secondary N) is 2. The summed E-state index contributed by atoms with van der Waals surface area (Å²) in [5.41, 5.74) is 0.916. The normalized spacial score (nSPS) is 21.1. The van der Waals surface area contributed by atoms with Crippen LogP contribution in [0.3, 0.4) is 0 Å². The fourth-order valence-corrected chi connectivity index (χ4v) is 4.67. The van der Waals surface area contributed by atoms with Crippen LogP contribution in [0.2, 0.25) is 0 Å². The minimum absolute atomic E-state index is 0.0883. The van der Waals surface area contributed by atoms with Gasteiger partial charge < -0.3 is 25.4 Å². The molecule has 2 fully saturated rings. The van der Waals surface area contributed by atoms with E-state index in [1.807, 2.05) is 56.0 Å². The Hall–Kier alpha value is -2.87. The molecule has 1 aliphatic heterocycles. The van der Waals surface area contributed by atoms with Crippen molar-refractivity contribution in [3.05, 3.63) is 35.9 Å². The van der Waals surface area contributed by atoms with Gasteiger partial charge in [0.1, 0.15) is 11.4 Å². The van der Waals surface area contributed by atoms with Crippen molar-refractivity contribution in [3.63, 3.8) is 0 Å². The van der Waals surface area contributed by atoms with Gasteiger partial charge in [0.2, 0.25) is 0 Å². The summed E-state index contributed by atoms with van der Waals surface area (Å²) >= 11 is 0. The third kappa shape index (κ3) is 6.17. The number of benzene rings is 1. The molecule has 3 N–H and O–H groups in total. The maximum absolute atomic E-state index is 13.1. The number of anilines is 1. The lowest BCUT2D eigenvalue weighted by Gasteiger charge is -2.37. The molecule has 0 bridgehead atoms. The van der Waals surface area contributed by atoms with Crippen LogP contribution in [-0.4, -0.2) is 60.0 Å². The van der Waals surface area contributed by atoms with Gasteiger partial charge in [-0.15, -0.1) is 0 Å². The molecule has 2 aliphatic rings. The number of carbonyl (C=O) groups is 2. The number of rotatable bonds is 6. The molecule has 0 spiro atoms. The van der Waals surface area contributed by atoms with Crippen molar-refractivity contribution in [2.45, 2.75) is 58.2 Å². The fraction of sp³-hybridized carbons (Fsp3) is 0.577. The van der Waals surface area contributed by atoms with Gasteiger partial charge in [0.25, 0.3) is 5.91 Å². The van der Waals surface area contributed by atoms with Crippen molar-refractivity contribution < 1.29 is 19.4 Å². The molecule has 1 aliphatic carbocycles. The Morgan fingerprint density at radius 2 is 1.68 bits per heavy atom. The standard InChI is InChI=1S/C26H36N4O4/c1-26(2,3)34-25(33)28-14-18-10-8-17(9-11-18)13-27-24(32)21-12-23(30-15-19(31)16-30)29-22-7-5-4-6-20(21)22/h4-7,12,17-19,31H,8-11,13-16H2,1-3H3,(H,27,32)(H,28,33)/t17-,18-. The summed E-state index contributed by atoms with van der Waals surface area (Å²) in [5, 5.41) is 16.5. The first-order valence-electron chi connectivity index (χ1n) is 12.3. The first-order valence-corrected chi connectivity index (χ1v) is 12.3. The zero-order chi connectivity index (χ0) is 24.3. The number of carbonyl (C=O) groups excluding carboxylic acids is 2. The zero-order valence-electron chi connectivity index (χ0n) is 20.3. The number of para-hydroxylation sites is 1. The van der Waals surface area contributed by atoms with Gasteiger partial charge in [-0.05, 0) is 70.4 Å². The summed E-state index contributed by atoms with van der Waals surface area (Å²) in [6.45, 7) is 7.92. The topological polar surface area (TPSA) is 104 Å². The number of alkyl carbamates (subject to hydrolysis) is 1. The highest BCUT2D eigenvalue weighted by Gasteiger charge is 2.27. The first-order chi connectivity index (χ1) is 16.2. The molecular formula is C26H36N4O4. The molecule has 0 radical (unpaired) electrons. The van der Waals surface area contributed by atoms with Crippen molar-refractivity contribution in [2.75, 3.05) is 31.1 Å². The highest BCUT2D eigenvalue weighted by molar-refractivity contribution is 6.07. The molecule has 8 heteroatoms. The SMILES string of the molecule is CC(C)(C)OC(=O)NC[C@H]1CC[C@H](CNC(=O)c2cc(N3CC(O)C3)nc3ccccc23)CC1. The van der Waals surface area contributed by atoms with Crippen LogP contribution < -0.4 is 15.5 Å². The lowest BCUT2D eigenvalue weighted by atomic mass is 9.82. The number of aromatic nitrogens is 1. The number of amides is 2. The van der Waals surface area contributed by atoms with Gasteiger partial charge >= 0.3 is 6.09 Å². The Balaban J connectivity index is 1.29. The summed E-state index contributed by atoms with van der Waals surface area (Å²) < 4.78 is 5.31. The Kier molecular flexibility index (Phi) is 7.26. The third-order valence-corrected chi connectivity index (χ3v) is 6.59. The second-order valence-electron chi connectivity index (χ2n) is 10.6. The summed E-state index contributed by atoms with van der Waals surface area (Å²) in [6.07, 6.45) is 3.40. The first kappa shape index (κ1) is 24.3. The number of β-amino-alcohol motifs (C(OH)–C–C–N with tert-alkyl or cyclic N) is 1. The van der Waals surface area contributed by atoms with Gasteiger partial charge in [0, 0.05) is 31.6 Å². The molecule has 0 unspecified atom stereocenters. The number of aliphatic hydroxyl groups excluding tert-OH is 1. The van der Waals surface area contributed by atoms with Gasteiger partial charge in [-0.3, -0.25) is 4.79 Å². The molecule has 1 saturated heterocycles. The smallest absolute Gasteiger partial charge is 0.407 e. The zero-order valence-corrected chi connectivity index (χ0v) is 20.3. The van der Waals surface area contributed by atoms with Gasteiger partial charge in [-0.2, -0.15) is 0 Å². The van der Waals surface area contributed by atoms with Crippen LogP contribution in [0.15, 0.2) is 30.3 Å². The molecule has 34 heavy (non-hydrogen) atoms. The van der Waals surface area contributed by atoms with Gasteiger partial charge in [-0.1, -0.05) is 18.2 Å². The minimum Gasteiger partial charge on any atom is -0.444 e. The molecule has 2 amide bonds. The van der Waals surface area contributed by atoms with E-state index in [0.717, 1.165) is 42.4 Å². The van der Waals surface area contributed by atoms with Crippen LogP contribution in [0, 0.1) is 11.8 Å². The molecule has 0 atom stereocenters. The van der Waals surface area contributed by atoms with Crippen molar-refractivity contribution >= 4 is 28.7 Å². The Morgan fingerprint density at radius 3 is 2.29 bits per heavy atom. The largest absolute Gasteiger partial charge is 0.444 e. The number of nitrogens with zero attached hydrogens (tertiary/aromatic N) is 2. The lowest BCUT2D eigenvalue weighted by molar-refractivity contribution is 0.0512. The molecule has 1 aromatic heterocycles. The summed E-state index contributed by atoms with van der Waals surface area (Å²) in [5.74, 6) is 1.51. The Labute approximate surface area is 201 Å².